The fraction of sp³-hybridized carbons (Fsp3) is 0.429. The number of hydrogen-bond donors (Lipinski definition) is 1. The molecule has 0 bridgehead atoms. The van der Waals surface area contributed by atoms with Gasteiger partial charge in [-0.2, -0.15) is 0 Å². The van der Waals surface area contributed by atoms with Gasteiger partial charge >= 0.3 is 0 Å². The molecule has 0 atom stereocenters. The van der Waals surface area contributed by atoms with Crippen molar-refractivity contribution in [2.45, 2.75) is 26.3 Å². The highest BCUT2D eigenvalue weighted by atomic mass is 16.5. The van der Waals surface area contributed by atoms with Crippen LogP contribution in [-0.4, -0.2) is 19.8 Å². The molecule has 0 aromatic heterocycles. The van der Waals surface area contributed by atoms with E-state index in [1.165, 1.54) is 5.57 Å². The fourth-order valence-electron chi connectivity index (χ4n) is 2.37. The molecule has 92 valence electrons. The van der Waals surface area contributed by atoms with Gasteiger partial charge in [0, 0.05) is 23.4 Å². The van der Waals surface area contributed by atoms with Gasteiger partial charge in [0.2, 0.25) is 0 Å². The Kier molecular flexibility index (Phi) is 2.77. The second-order valence-corrected chi connectivity index (χ2v) is 4.93. The number of methoxy groups -OCH3 is 2. The average molecular weight is 233 g/mol. The first kappa shape index (κ1) is 11.8. The molecule has 0 saturated heterocycles. The molecule has 1 aliphatic heterocycles. The number of benzene rings is 1. The van der Waals surface area contributed by atoms with Crippen molar-refractivity contribution in [1.29, 1.82) is 0 Å². The largest absolute Gasteiger partial charge is 0.497 e. The number of ether oxygens (including phenoxy) is 2. The second-order valence-electron chi connectivity index (χ2n) is 4.93. The molecule has 0 unspecified atom stereocenters. The van der Waals surface area contributed by atoms with Crippen molar-refractivity contribution in [2.75, 3.05) is 19.5 Å². The molecule has 2 rings (SSSR count). The van der Waals surface area contributed by atoms with Crippen molar-refractivity contribution in [1.82, 2.24) is 0 Å². The van der Waals surface area contributed by atoms with Crippen molar-refractivity contribution in [3.63, 3.8) is 0 Å². The predicted molar refractivity (Wildman–Crippen MR) is 70.9 cm³/mol. The van der Waals surface area contributed by atoms with Gasteiger partial charge in [-0.3, -0.25) is 0 Å². The first-order valence-corrected chi connectivity index (χ1v) is 5.71. The summed E-state index contributed by atoms with van der Waals surface area (Å²) in [7, 11) is 3.35. The van der Waals surface area contributed by atoms with Crippen molar-refractivity contribution in [2.24, 2.45) is 0 Å². The van der Waals surface area contributed by atoms with Crippen LogP contribution < -0.4 is 14.8 Å². The molecule has 17 heavy (non-hydrogen) atoms. The number of rotatable bonds is 2. The maximum absolute atomic E-state index is 5.43. The third-order valence-electron chi connectivity index (χ3n) is 2.96. The Morgan fingerprint density at radius 3 is 2.41 bits per heavy atom. The van der Waals surface area contributed by atoms with E-state index >= 15 is 0 Å². The van der Waals surface area contributed by atoms with Crippen LogP contribution in [0.1, 0.15) is 26.3 Å². The Morgan fingerprint density at radius 2 is 1.82 bits per heavy atom. The Bertz CT molecular complexity index is 475. The lowest BCUT2D eigenvalue weighted by Gasteiger charge is -2.32. The molecule has 0 spiro atoms. The molecule has 0 amide bonds. The van der Waals surface area contributed by atoms with Gasteiger partial charge in [-0.1, -0.05) is 6.08 Å². The molecular formula is C14H19NO2. The highest BCUT2D eigenvalue weighted by Crippen LogP contribution is 2.42. The summed E-state index contributed by atoms with van der Waals surface area (Å²) in [5, 5.41) is 3.48. The van der Waals surface area contributed by atoms with Crippen LogP contribution in [-0.2, 0) is 0 Å². The summed E-state index contributed by atoms with van der Waals surface area (Å²) >= 11 is 0. The number of nitrogens with one attached hydrogen (secondary N) is 1. The first-order valence-electron chi connectivity index (χ1n) is 5.71. The molecule has 1 aromatic rings. The fourth-order valence-corrected chi connectivity index (χ4v) is 2.37. The number of allylic oxidation sites excluding steroid dienone is 1. The monoisotopic (exact) mass is 233 g/mol. The molecule has 1 heterocycles. The third-order valence-corrected chi connectivity index (χ3v) is 2.96. The maximum atomic E-state index is 5.43. The number of anilines is 1. The summed E-state index contributed by atoms with van der Waals surface area (Å²) in [6.07, 6.45) is 2.21. The standard InChI is InChI=1S/C14H19NO2/c1-9-8-14(2,3)15-11-6-10(16-4)7-12(17-5)13(9)11/h6-8,15H,1-5H3. The van der Waals surface area contributed by atoms with E-state index in [2.05, 4.69) is 32.2 Å². The van der Waals surface area contributed by atoms with Crippen LogP contribution in [0.2, 0.25) is 0 Å². The van der Waals surface area contributed by atoms with Crippen LogP contribution in [0.3, 0.4) is 0 Å². The van der Waals surface area contributed by atoms with E-state index in [0.717, 1.165) is 22.7 Å². The molecule has 0 aliphatic carbocycles. The van der Waals surface area contributed by atoms with Gasteiger partial charge in [-0.25, -0.2) is 0 Å². The van der Waals surface area contributed by atoms with Crippen molar-refractivity contribution >= 4 is 11.3 Å². The van der Waals surface area contributed by atoms with Gasteiger partial charge in [0.25, 0.3) is 0 Å². The van der Waals surface area contributed by atoms with Gasteiger partial charge in [0.1, 0.15) is 11.5 Å². The smallest absolute Gasteiger partial charge is 0.132 e. The lowest BCUT2D eigenvalue weighted by molar-refractivity contribution is 0.393. The molecule has 1 aromatic carbocycles. The number of hydrogen-bond acceptors (Lipinski definition) is 3. The van der Waals surface area contributed by atoms with Crippen LogP contribution in [0, 0.1) is 0 Å². The van der Waals surface area contributed by atoms with Crippen LogP contribution in [0.5, 0.6) is 11.5 Å². The molecule has 3 nitrogen and oxygen atoms in total. The summed E-state index contributed by atoms with van der Waals surface area (Å²) in [5.41, 5.74) is 3.36. The van der Waals surface area contributed by atoms with Crippen molar-refractivity contribution in [3.8, 4) is 11.5 Å². The topological polar surface area (TPSA) is 30.5 Å². The van der Waals surface area contributed by atoms with Crippen molar-refractivity contribution < 1.29 is 9.47 Å². The van der Waals surface area contributed by atoms with E-state index in [4.69, 9.17) is 9.47 Å². The van der Waals surface area contributed by atoms with Gasteiger partial charge in [0.15, 0.2) is 0 Å². The highest BCUT2D eigenvalue weighted by molar-refractivity contribution is 5.85. The second kappa shape index (κ2) is 3.99. The third kappa shape index (κ3) is 2.09. The summed E-state index contributed by atoms with van der Waals surface area (Å²) in [6.45, 7) is 6.40. The molecule has 1 N–H and O–H groups in total. The minimum absolute atomic E-state index is 0.0472. The lowest BCUT2D eigenvalue weighted by atomic mass is 9.90. The molecule has 0 saturated carbocycles. The van der Waals surface area contributed by atoms with E-state index in [9.17, 15) is 0 Å². The average Bonchev–Trinajstić information content (AvgIpc) is 2.25. The van der Waals surface area contributed by atoms with Crippen LogP contribution in [0.25, 0.3) is 5.57 Å². The molecule has 1 aliphatic rings. The van der Waals surface area contributed by atoms with E-state index in [0.29, 0.717) is 0 Å². The zero-order valence-corrected chi connectivity index (χ0v) is 11.0. The lowest BCUT2D eigenvalue weighted by Crippen LogP contribution is -2.31. The van der Waals surface area contributed by atoms with E-state index in [-0.39, 0.29) is 5.54 Å². The van der Waals surface area contributed by atoms with Gasteiger partial charge in [-0.15, -0.1) is 0 Å². The quantitative estimate of drug-likeness (QED) is 0.850. The Labute approximate surface area is 102 Å². The Balaban J connectivity index is 2.62. The van der Waals surface area contributed by atoms with Crippen LogP contribution in [0.4, 0.5) is 5.69 Å². The normalized spacial score (nSPS) is 16.6. The summed E-state index contributed by atoms with van der Waals surface area (Å²) in [4.78, 5) is 0. The minimum Gasteiger partial charge on any atom is -0.497 e. The van der Waals surface area contributed by atoms with E-state index in [1.54, 1.807) is 14.2 Å². The van der Waals surface area contributed by atoms with Gasteiger partial charge in [0.05, 0.1) is 19.8 Å². The van der Waals surface area contributed by atoms with E-state index in [1.807, 2.05) is 12.1 Å². The van der Waals surface area contributed by atoms with Gasteiger partial charge in [-0.05, 0) is 26.3 Å². The first-order chi connectivity index (χ1) is 7.96. The molecule has 3 heteroatoms. The van der Waals surface area contributed by atoms with Crippen LogP contribution in [0.15, 0.2) is 18.2 Å². The Hall–Kier alpha value is -1.64. The highest BCUT2D eigenvalue weighted by Gasteiger charge is 2.25. The zero-order valence-electron chi connectivity index (χ0n) is 11.0. The number of fused-ring (bicyclic) bond motifs is 1. The summed E-state index contributed by atoms with van der Waals surface area (Å²) < 4.78 is 10.7. The predicted octanol–water partition coefficient (Wildman–Crippen LogP) is 3.31. The summed E-state index contributed by atoms with van der Waals surface area (Å²) in [5.74, 6) is 1.65. The zero-order chi connectivity index (χ0) is 12.6. The van der Waals surface area contributed by atoms with E-state index < -0.39 is 0 Å². The molecular weight excluding hydrogens is 214 g/mol. The summed E-state index contributed by atoms with van der Waals surface area (Å²) in [6, 6.07) is 3.92. The van der Waals surface area contributed by atoms with Crippen molar-refractivity contribution in [3.05, 3.63) is 23.8 Å². The van der Waals surface area contributed by atoms with Crippen LogP contribution >= 0.6 is 0 Å². The molecule has 0 radical (unpaired) electrons. The minimum atomic E-state index is -0.0472. The van der Waals surface area contributed by atoms with Gasteiger partial charge < -0.3 is 14.8 Å². The maximum Gasteiger partial charge on any atom is 0.132 e. The Morgan fingerprint density at radius 1 is 1.12 bits per heavy atom. The SMILES string of the molecule is COc1cc2c(c(OC)c1)C(C)=CC(C)(C)N2. The molecule has 0 fully saturated rings.